The largest absolute Gasteiger partial charge is 0.313 e. The van der Waals surface area contributed by atoms with Crippen molar-refractivity contribution in [3.05, 3.63) is 35.6 Å². The molecule has 112 valence electrons. The van der Waals surface area contributed by atoms with Gasteiger partial charge in [-0.1, -0.05) is 25.5 Å². The minimum Gasteiger partial charge on any atom is -0.313 e. The van der Waals surface area contributed by atoms with Crippen molar-refractivity contribution < 1.29 is 4.39 Å². The Morgan fingerprint density at radius 3 is 3.00 bits per heavy atom. The normalized spacial score (nSPS) is 21.9. The Hall–Kier alpha value is -0.930. The van der Waals surface area contributed by atoms with E-state index in [1.165, 1.54) is 31.7 Å². The molecular weight excluding hydrogens is 251 g/mol. The summed E-state index contributed by atoms with van der Waals surface area (Å²) in [6, 6.07) is 8.09. The van der Waals surface area contributed by atoms with Gasteiger partial charge in [-0.15, -0.1) is 0 Å². The molecule has 2 unspecified atom stereocenters. The summed E-state index contributed by atoms with van der Waals surface area (Å²) in [7, 11) is 0. The summed E-state index contributed by atoms with van der Waals surface area (Å²) >= 11 is 0. The van der Waals surface area contributed by atoms with E-state index in [9.17, 15) is 4.39 Å². The van der Waals surface area contributed by atoms with Gasteiger partial charge in [-0.05, 0) is 57.0 Å². The van der Waals surface area contributed by atoms with Crippen molar-refractivity contribution in [3.8, 4) is 0 Å². The third kappa shape index (κ3) is 4.29. The van der Waals surface area contributed by atoms with E-state index < -0.39 is 0 Å². The second-order valence-corrected chi connectivity index (χ2v) is 5.91. The third-order valence-electron chi connectivity index (χ3n) is 4.23. The quantitative estimate of drug-likeness (QED) is 0.856. The zero-order chi connectivity index (χ0) is 14.4. The molecule has 0 aliphatic carbocycles. The van der Waals surface area contributed by atoms with Gasteiger partial charge in [-0.25, -0.2) is 4.39 Å². The number of rotatable bonds is 6. The highest BCUT2D eigenvalue weighted by atomic mass is 19.1. The van der Waals surface area contributed by atoms with Gasteiger partial charge >= 0.3 is 0 Å². The van der Waals surface area contributed by atoms with Crippen LogP contribution in [0.1, 0.15) is 45.1 Å². The average Bonchev–Trinajstić information content (AvgIpc) is 2.45. The lowest BCUT2D eigenvalue weighted by Gasteiger charge is -2.39. The Kier molecular flexibility index (Phi) is 5.99. The van der Waals surface area contributed by atoms with Gasteiger partial charge in [0.15, 0.2) is 0 Å². The van der Waals surface area contributed by atoms with Crippen LogP contribution in [0.4, 0.5) is 4.39 Å². The molecule has 2 nitrogen and oxygen atoms in total. The van der Waals surface area contributed by atoms with Crippen molar-refractivity contribution >= 4 is 0 Å². The van der Waals surface area contributed by atoms with Gasteiger partial charge in [-0.2, -0.15) is 0 Å². The minimum atomic E-state index is -0.131. The number of hydrogen-bond acceptors (Lipinski definition) is 2. The Morgan fingerprint density at radius 1 is 1.40 bits per heavy atom. The fraction of sp³-hybridized carbons (Fsp3) is 0.647. The molecule has 1 aliphatic heterocycles. The number of nitrogens with zero attached hydrogens (tertiary/aromatic N) is 1. The first-order chi connectivity index (χ1) is 9.70. The summed E-state index contributed by atoms with van der Waals surface area (Å²) in [6.45, 7) is 7.54. The summed E-state index contributed by atoms with van der Waals surface area (Å²) in [5.41, 5.74) is 1.08. The zero-order valence-electron chi connectivity index (χ0n) is 12.7. The van der Waals surface area contributed by atoms with Crippen LogP contribution in [0.5, 0.6) is 0 Å². The van der Waals surface area contributed by atoms with E-state index >= 15 is 0 Å². The molecular formula is C17H27FN2. The Labute approximate surface area is 122 Å². The van der Waals surface area contributed by atoms with Crippen molar-refractivity contribution in [2.24, 2.45) is 0 Å². The summed E-state index contributed by atoms with van der Waals surface area (Å²) in [4.78, 5) is 2.52. The Morgan fingerprint density at radius 2 is 2.25 bits per heavy atom. The van der Waals surface area contributed by atoms with Gasteiger partial charge in [0.2, 0.25) is 0 Å². The first-order valence-corrected chi connectivity index (χ1v) is 7.92. The van der Waals surface area contributed by atoms with Crippen LogP contribution < -0.4 is 5.32 Å². The molecule has 1 heterocycles. The van der Waals surface area contributed by atoms with Gasteiger partial charge in [0.05, 0.1) is 0 Å². The van der Waals surface area contributed by atoms with Gasteiger partial charge in [-0.3, -0.25) is 4.90 Å². The van der Waals surface area contributed by atoms with E-state index in [4.69, 9.17) is 0 Å². The van der Waals surface area contributed by atoms with E-state index in [1.807, 2.05) is 12.1 Å². The molecule has 0 bridgehead atoms. The number of likely N-dealkylation sites (tertiary alicyclic amines) is 1. The molecule has 0 radical (unpaired) electrons. The number of benzene rings is 1. The maximum atomic E-state index is 13.3. The smallest absolute Gasteiger partial charge is 0.123 e. The third-order valence-corrected chi connectivity index (χ3v) is 4.23. The first-order valence-electron chi connectivity index (χ1n) is 7.92. The predicted molar refractivity (Wildman–Crippen MR) is 82.2 cm³/mol. The Balaban J connectivity index is 1.99. The number of piperidine rings is 1. The fourth-order valence-corrected chi connectivity index (χ4v) is 3.16. The van der Waals surface area contributed by atoms with Crippen molar-refractivity contribution in [2.75, 3.05) is 13.1 Å². The fourth-order valence-electron chi connectivity index (χ4n) is 3.16. The van der Waals surface area contributed by atoms with Crippen molar-refractivity contribution in [1.29, 1.82) is 0 Å². The molecule has 2 rings (SSSR count). The number of nitrogens with one attached hydrogen (secondary N) is 1. The summed E-state index contributed by atoms with van der Waals surface area (Å²) in [6.07, 6.45) is 4.98. The van der Waals surface area contributed by atoms with Crippen LogP contribution in [-0.4, -0.2) is 30.1 Å². The maximum Gasteiger partial charge on any atom is 0.123 e. The second kappa shape index (κ2) is 7.75. The predicted octanol–water partition coefficient (Wildman–Crippen LogP) is 3.57. The summed E-state index contributed by atoms with van der Waals surface area (Å²) < 4.78 is 13.3. The SMILES string of the molecule is CCCNC(C)C1CCCCN1Cc1cccc(F)c1. The molecule has 0 aromatic heterocycles. The topological polar surface area (TPSA) is 15.3 Å². The molecule has 0 amide bonds. The lowest BCUT2D eigenvalue weighted by molar-refractivity contribution is 0.111. The van der Waals surface area contributed by atoms with Crippen LogP contribution in [0, 0.1) is 5.82 Å². The molecule has 20 heavy (non-hydrogen) atoms. The molecule has 0 saturated carbocycles. The number of halogens is 1. The van der Waals surface area contributed by atoms with Gasteiger partial charge in [0.25, 0.3) is 0 Å². The highest BCUT2D eigenvalue weighted by Gasteiger charge is 2.26. The van der Waals surface area contributed by atoms with Crippen LogP contribution in [0.3, 0.4) is 0 Å². The molecule has 1 N–H and O–H groups in total. The standard InChI is InChI=1S/C17H27FN2/c1-3-10-19-14(2)17-9-4-5-11-20(17)13-15-7-6-8-16(18)12-15/h6-8,12,14,17,19H,3-5,9-11,13H2,1-2H3. The van der Waals surface area contributed by atoms with Crippen LogP contribution in [0.15, 0.2) is 24.3 Å². The molecule has 3 heteroatoms. The van der Waals surface area contributed by atoms with Crippen molar-refractivity contribution in [3.63, 3.8) is 0 Å². The van der Waals surface area contributed by atoms with Crippen LogP contribution in [0.2, 0.25) is 0 Å². The maximum absolute atomic E-state index is 13.3. The van der Waals surface area contributed by atoms with Crippen molar-refractivity contribution in [2.45, 2.75) is 58.2 Å². The molecule has 1 fully saturated rings. The highest BCUT2D eigenvalue weighted by molar-refractivity contribution is 5.16. The monoisotopic (exact) mass is 278 g/mol. The van der Waals surface area contributed by atoms with E-state index in [1.54, 1.807) is 6.07 Å². The first kappa shape index (κ1) is 15.5. The molecule has 1 aromatic rings. The van der Waals surface area contributed by atoms with Crippen LogP contribution in [0.25, 0.3) is 0 Å². The molecule has 1 aromatic carbocycles. The van der Waals surface area contributed by atoms with Gasteiger partial charge < -0.3 is 5.32 Å². The average molecular weight is 278 g/mol. The van der Waals surface area contributed by atoms with E-state index in [0.29, 0.717) is 12.1 Å². The number of hydrogen-bond donors (Lipinski definition) is 1. The molecule has 2 atom stereocenters. The van der Waals surface area contributed by atoms with Crippen LogP contribution in [-0.2, 0) is 6.54 Å². The van der Waals surface area contributed by atoms with E-state index in [0.717, 1.165) is 25.2 Å². The lowest BCUT2D eigenvalue weighted by Crippen LogP contribution is -2.50. The van der Waals surface area contributed by atoms with Gasteiger partial charge in [0, 0.05) is 18.6 Å². The summed E-state index contributed by atoms with van der Waals surface area (Å²) in [5.74, 6) is -0.131. The molecule has 1 saturated heterocycles. The van der Waals surface area contributed by atoms with E-state index in [2.05, 4.69) is 24.1 Å². The van der Waals surface area contributed by atoms with Gasteiger partial charge in [0.1, 0.15) is 5.82 Å². The van der Waals surface area contributed by atoms with Crippen molar-refractivity contribution in [1.82, 2.24) is 10.2 Å². The van der Waals surface area contributed by atoms with Crippen LogP contribution >= 0.6 is 0 Å². The highest BCUT2D eigenvalue weighted by Crippen LogP contribution is 2.22. The van der Waals surface area contributed by atoms with E-state index in [-0.39, 0.29) is 5.82 Å². The zero-order valence-corrected chi connectivity index (χ0v) is 12.7. The summed E-state index contributed by atoms with van der Waals surface area (Å²) in [5, 5.41) is 3.61. The molecule has 1 aliphatic rings. The minimum absolute atomic E-state index is 0.131. The molecule has 0 spiro atoms. The second-order valence-electron chi connectivity index (χ2n) is 5.91. The lowest BCUT2D eigenvalue weighted by atomic mass is 9.95. The Bertz CT molecular complexity index is 408.